The molecular formula is C23H23N5O2. The Kier molecular flexibility index (Phi) is 5.03. The van der Waals surface area contributed by atoms with Gasteiger partial charge in [-0.2, -0.15) is 0 Å². The van der Waals surface area contributed by atoms with E-state index in [0.717, 1.165) is 59.2 Å². The molecule has 4 aromatic rings. The summed E-state index contributed by atoms with van der Waals surface area (Å²) in [5.74, 6) is 1.16. The second kappa shape index (κ2) is 8.12. The summed E-state index contributed by atoms with van der Waals surface area (Å²) < 4.78 is 11.2. The maximum atomic E-state index is 6.05. The summed E-state index contributed by atoms with van der Waals surface area (Å²) >= 11 is 0. The van der Waals surface area contributed by atoms with Crippen molar-refractivity contribution < 1.29 is 9.47 Å². The average Bonchev–Trinajstić information content (AvgIpc) is 3.23. The second-order valence-electron chi connectivity index (χ2n) is 7.38. The first kappa shape index (κ1) is 18.6. The van der Waals surface area contributed by atoms with Crippen LogP contribution in [0.2, 0.25) is 0 Å². The Labute approximate surface area is 174 Å². The predicted molar refractivity (Wildman–Crippen MR) is 116 cm³/mol. The number of aromatic amines is 1. The highest BCUT2D eigenvalue weighted by molar-refractivity contribution is 5.97. The number of nitrogens with zero attached hydrogens (tertiary/aromatic N) is 3. The number of fused-ring (bicyclic) bond motifs is 1. The number of methoxy groups -OCH3 is 1. The van der Waals surface area contributed by atoms with Gasteiger partial charge in [0.2, 0.25) is 11.8 Å². The third-order valence-corrected chi connectivity index (χ3v) is 5.39. The number of nitrogens with one attached hydrogen (secondary N) is 2. The molecule has 0 amide bonds. The fourth-order valence-electron chi connectivity index (χ4n) is 3.81. The van der Waals surface area contributed by atoms with Gasteiger partial charge in [-0.25, -0.2) is 9.97 Å². The Bertz CT molecular complexity index is 1150. The molecule has 0 radical (unpaired) electrons. The maximum absolute atomic E-state index is 6.05. The molecule has 0 saturated carbocycles. The molecule has 1 aliphatic rings. The van der Waals surface area contributed by atoms with Gasteiger partial charge in [0.15, 0.2) is 0 Å². The van der Waals surface area contributed by atoms with Gasteiger partial charge in [0.25, 0.3) is 0 Å². The smallest absolute Gasteiger partial charge is 0.233 e. The minimum absolute atomic E-state index is 0.139. The molecule has 4 heterocycles. The molecule has 0 aliphatic carbocycles. The zero-order chi connectivity index (χ0) is 20.3. The van der Waals surface area contributed by atoms with Crippen LogP contribution in [-0.2, 0) is 0 Å². The normalized spacial score (nSPS) is 16.5. The number of ether oxygens (including phenoxy) is 2. The van der Waals surface area contributed by atoms with E-state index in [-0.39, 0.29) is 6.10 Å². The van der Waals surface area contributed by atoms with Crippen molar-refractivity contribution in [2.24, 2.45) is 0 Å². The molecule has 1 atom stereocenters. The molecule has 1 fully saturated rings. The Morgan fingerprint density at radius 1 is 1.03 bits per heavy atom. The van der Waals surface area contributed by atoms with Crippen LogP contribution in [0.5, 0.6) is 11.8 Å². The van der Waals surface area contributed by atoms with E-state index in [1.807, 2.05) is 24.5 Å². The van der Waals surface area contributed by atoms with Gasteiger partial charge in [-0.1, -0.05) is 6.07 Å². The molecule has 152 valence electrons. The van der Waals surface area contributed by atoms with Gasteiger partial charge in [0, 0.05) is 47.0 Å². The van der Waals surface area contributed by atoms with E-state index in [0.29, 0.717) is 11.8 Å². The summed E-state index contributed by atoms with van der Waals surface area (Å²) in [5, 5.41) is 4.44. The van der Waals surface area contributed by atoms with Crippen LogP contribution < -0.4 is 14.8 Å². The largest absolute Gasteiger partial charge is 0.481 e. The first-order chi connectivity index (χ1) is 14.8. The number of pyridine rings is 1. The lowest BCUT2D eigenvalue weighted by molar-refractivity contribution is 0.160. The number of piperidine rings is 1. The number of rotatable bonds is 5. The molecule has 7 heteroatoms. The third-order valence-electron chi connectivity index (χ3n) is 5.39. The number of benzene rings is 1. The quantitative estimate of drug-likeness (QED) is 0.529. The minimum atomic E-state index is 0.139. The topological polar surface area (TPSA) is 85.0 Å². The molecule has 2 N–H and O–H groups in total. The molecule has 1 aliphatic heterocycles. The highest BCUT2D eigenvalue weighted by Crippen LogP contribution is 2.32. The molecule has 1 aromatic carbocycles. The fraction of sp³-hybridized carbons (Fsp3) is 0.261. The minimum Gasteiger partial charge on any atom is -0.481 e. The number of hydrogen-bond acceptors (Lipinski definition) is 6. The van der Waals surface area contributed by atoms with E-state index < -0.39 is 0 Å². The van der Waals surface area contributed by atoms with Gasteiger partial charge in [-0.3, -0.25) is 4.98 Å². The number of hydrogen-bond donors (Lipinski definition) is 2. The van der Waals surface area contributed by atoms with Crippen LogP contribution >= 0.6 is 0 Å². The Morgan fingerprint density at radius 2 is 1.97 bits per heavy atom. The van der Waals surface area contributed by atoms with Crippen molar-refractivity contribution in [3.63, 3.8) is 0 Å². The van der Waals surface area contributed by atoms with Gasteiger partial charge < -0.3 is 19.8 Å². The molecule has 5 rings (SSSR count). The Hall–Kier alpha value is -3.45. The van der Waals surface area contributed by atoms with Crippen LogP contribution in [0.1, 0.15) is 12.8 Å². The zero-order valence-electron chi connectivity index (χ0n) is 16.8. The molecule has 7 nitrogen and oxygen atoms in total. The van der Waals surface area contributed by atoms with Crippen LogP contribution in [0.3, 0.4) is 0 Å². The maximum Gasteiger partial charge on any atom is 0.233 e. The lowest BCUT2D eigenvalue weighted by atomic mass is 10.0. The molecule has 1 saturated heterocycles. The van der Waals surface area contributed by atoms with E-state index >= 15 is 0 Å². The van der Waals surface area contributed by atoms with Gasteiger partial charge in [-0.05, 0) is 43.1 Å². The summed E-state index contributed by atoms with van der Waals surface area (Å²) in [7, 11) is 1.61. The van der Waals surface area contributed by atoms with Crippen molar-refractivity contribution in [2.45, 2.75) is 18.9 Å². The lowest BCUT2D eigenvalue weighted by Crippen LogP contribution is -2.37. The van der Waals surface area contributed by atoms with Gasteiger partial charge in [0.05, 0.1) is 25.2 Å². The zero-order valence-corrected chi connectivity index (χ0v) is 16.8. The standard InChI is InChI=1S/C23H23N5O2/c1-29-22-7-5-16(10-27-22)15-4-6-20-18(9-15)19(12-26-20)21-13-25-14-23(28-21)30-17-3-2-8-24-11-17/h4-7,9-10,12-14,17,24,26H,2-3,8,11H2,1H3. The van der Waals surface area contributed by atoms with Crippen molar-refractivity contribution in [1.29, 1.82) is 0 Å². The van der Waals surface area contributed by atoms with Crippen LogP contribution in [0.4, 0.5) is 0 Å². The summed E-state index contributed by atoms with van der Waals surface area (Å²) in [6.45, 7) is 1.89. The van der Waals surface area contributed by atoms with Crippen molar-refractivity contribution in [2.75, 3.05) is 20.2 Å². The Balaban J connectivity index is 1.47. The van der Waals surface area contributed by atoms with Crippen LogP contribution in [0.25, 0.3) is 33.3 Å². The highest BCUT2D eigenvalue weighted by Gasteiger charge is 2.16. The molecule has 0 spiro atoms. The number of aromatic nitrogens is 4. The molecule has 3 aromatic heterocycles. The molecule has 0 bridgehead atoms. The van der Waals surface area contributed by atoms with E-state index in [1.54, 1.807) is 19.5 Å². The van der Waals surface area contributed by atoms with Gasteiger partial charge in [0.1, 0.15) is 6.10 Å². The van der Waals surface area contributed by atoms with E-state index in [1.165, 1.54) is 0 Å². The van der Waals surface area contributed by atoms with Crippen molar-refractivity contribution >= 4 is 10.9 Å². The monoisotopic (exact) mass is 401 g/mol. The summed E-state index contributed by atoms with van der Waals surface area (Å²) in [6.07, 6.45) is 9.53. The van der Waals surface area contributed by atoms with E-state index in [2.05, 4.69) is 38.5 Å². The first-order valence-corrected chi connectivity index (χ1v) is 10.1. The van der Waals surface area contributed by atoms with Gasteiger partial charge >= 0.3 is 0 Å². The van der Waals surface area contributed by atoms with Crippen LogP contribution in [0.15, 0.2) is 55.1 Å². The summed E-state index contributed by atoms with van der Waals surface area (Å²) in [5.41, 5.74) is 4.92. The highest BCUT2D eigenvalue weighted by atomic mass is 16.5. The number of H-pyrrole nitrogens is 1. The molecule has 1 unspecified atom stereocenters. The van der Waals surface area contributed by atoms with Crippen LogP contribution in [0, 0.1) is 0 Å². The Morgan fingerprint density at radius 3 is 2.77 bits per heavy atom. The molecular weight excluding hydrogens is 378 g/mol. The first-order valence-electron chi connectivity index (χ1n) is 10.1. The van der Waals surface area contributed by atoms with E-state index in [4.69, 9.17) is 14.5 Å². The SMILES string of the molecule is COc1ccc(-c2ccc3[nH]cc(-c4cncc(OC5CCCNC5)n4)c3c2)cn1. The van der Waals surface area contributed by atoms with Crippen molar-refractivity contribution in [3.8, 4) is 34.1 Å². The van der Waals surface area contributed by atoms with Crippen molar-refractivity contribution in [1.82, 2.24) is 25.3 Å². The lowest BCUT2D eigenvalue weighted by Gasteiger charge is -2.23. The fourth-order valence-corrected chi connectivity index (χ4v) is 3.81. The van der Waals surface area contributed by atoms with Crippen molar-refractivity contribution in [3.05, 3.63) is 55.1 Å². The summed E-state index contributed by atoms with van der Waals surface area (Å²) in [4.78, 5) is 16.7. The van der Waals surface area contributed by atoms with E-state index in [9.17, 15) is 0 Å². The van der Waals surface area contributed by atoms with Crippen LogP contribution in [-0.4, -0.2) is 46.2 Å². The average molecular weight is 401 g/mol. The van der Waals surface area contributed by atoms with Gasteiger partial charge in [-0.15, -0.1) is 0 Å². The summed E-state index contributed by atoms with van der Waals surface area (Å²) in [6, 6.07) is 10.2. The molecule has 30 heavy (non-hydrogen) atoms. The second-order valence-corrected chi connectivity index (χ2v) is 7.38. The predicted octanol–water partition coefficient (Wildman–Crippen LogP) is 3.83. The third kappa shape index (κ3) is 3.71.